The Labute approximate surface area is 240 Å². The van der Waals surface area contributed by atoms with Crippen LogP contribution >= 0.6 is 22.9 Å². The highest BCUT2D eigenvalue weighted by molar-refractivity contribution is 7.16. The van der Waals surface area contributed by atoms with Crippen LogP contribution in [0, 0.1) is 0 Å². The molecule has 1 atom stereocenters. The molecule has 6 rings (SSSR count). The van der Waals surface area contributed by atoms with E-state index in [1.54, 1.807) is 6.33 Å². The lowest BCUT2D eigenvalue weighted by atomic mass is 10.1. The molecule has 1 saturated heterocycles. The Kier molecular flexibility index (Phi) is 7.57. The van der Waals surface area contributed by atoms with Crippen molar-refractivity contribution in [3.05, 3.63) is 82.7 Å². The number of rotatable bonds is 9. The van der Waals surface area contributed by atoms with Crippen LogP contribution in [0.1, 0.15) is 28.3 Å². The standard InChI is InChI=1S/C29H29ClN6O3S/c1-19(22-4-2-3-5-23(22)30)39-26-15-27(40-28(26)29(31)37)36-18-32-24-14-20(6-7-25(24)36)21-16-33-35(17-21)9-8-34-10-12-38-13-11-34/h2-7,14-19H,8-13H2,1H3,(H2,31,37)/t19-/m1/s1. The summed E-state index contributed by atoms with van der Waals surface area (Å²) in [7, 11) is 0. The van der Waals surface area contributed by atoms with E-state index >= 15 is 0 Å². The summed E-state index contributed by atoms with van der Waals surface area (Å²) in [4.78, 5) is 19.7. The molecule has 206 valence electrons. The van der Waals surface area contributed by atoms with Crippen LogP contribution in [0.15, 0.2) is 67.3 Å². The number of amides is 1. The molecule has 40 heavy (non-hydrogen) atoms. The average Bonchev–Trinajstić information content (AvgIpc) is 3.71. The monoisotopic (exact) mass is 576 g/mol. The predicted octanol–water partition coefficient (Wildman–Crippen LogP) is 5.18. The molecule has 1 aliphatic rings. The van der Waals surface area contributed by atoms with Crippen molar-refractivity contribution in [2.75, 3.05) is 32.8 Å². The van der Waals surface area contributed by atoms with Gasteiger partial charge in [-0.05, 0) is 30.7 Å². The Morgan fingerprint density at radius 2 is 1.98 bits per heavy atom. The molecule has 9 nitrogen and oxygen atoms in total. The molecule has 11 heteroatoms. The third-order valence-corrected chi connectivity index (χ3v) is 8.53. The van der Waals surface area contributed by atoms with E-state index in [-0.39, 0.29) is 6.10 Å². The zero-order valence-corrected chi connectivity index (χ0v) is 23.6. The van der Waals surface area contributed by atoms with E-state index in [0.717, 1.165) is 72.1 Å². The summed E-state index contributed by atoms with van der Waals surface area (Å²) in [6.45, 7) is 7.19. The van der Waals surface area contributed by atoms with Crippen molar-refractivity contribution in [3.8, 4) is 21.9 Å². The van der Waals surface area contributed by atoms with Gasteiger partial charge in [-0.15, -0.1) is 11.3 Å². The Balaban J connectivity index is 1.22. The maximum Gasteiger partial charge on any atom is 0.262 e. The molecule has 2 aromatic carbocycles. The van der Waals surface area contributed by atoms with Gasteiger partial charge in [-0.1, -0.05) is 35.9 Å². The van der Waals surface area contributed by atoms with Gasteiger partial charge < -0.3 is 15.2 Å². The number of primary amides is 1. The van der Waals surface area contributed by atoms with Gasteiger partial charge in [-0.3, -0.25) is 18.9 Å². The second kappa shape index (κ2) is 11.4. The number of nitrogens with two attached hydrogens (primary N) is 1. The summed E-state index contributed by atoms with van der Waals surface area (Å²) in [6.07, 6.45) is 5.34. The van der Waals surface area contributed by atoms with Gasteiger partial charge in [0.05, 0.1) is 37.0 Å². The highest BCUT2D eigenvalue weighted by Crippen LogP contribution is 2.37. The molecule has 5 aromatic rings. The summed E-state index contributed by atoms with van der Waals surface area (Å²) in [5, 5.41) is 5.94. The molecule has 4 heterocycles. The normalized spacial score (nSPS) is 14.9. The summed E-state index contributed by atoms with van der Waals surface area (Å²) in [5.41, 5.74) is 10.4. The van der Waals surface area contributed by atoms with Crippen LogP contribution in [-0.2, 0) is 11.3 Å². The molecular formula is C29H29ClN6O3S. The molecule has 1 fully saturated rings. The van der Waals surface area contributed by atoms with Gasteiger partial charge in [-0.2, -0.15) is 5.10 Å². The number of halogens is 1. The second-order valence-electron chi connectivity index (χ2n) is 9.69. The van der Waals surface area contributed by atoms with Crippen molar-refractivity contribution < 1.29 is 14.3 Å². The molecule has 0 spiro atoms. The number of carbonyl (C=O) groups excluding carboxylic acids is 1. The van der Waals surface area contributed by atoms with Gasteiger partial charge in [0.1, 0.15) is 28.1 Å². The van der Waals surface area contributed by atoms with Gasteiger partial charge in [0.2, 0.25) is 0 Å². The average molecular weight is 577 g/mol. The summed E-state index contributed by atoms with van der Waals surface area (Å²) in [6, 6.07) is 15.4. The number of morpholine rings is 1. The first-order valence-electron chi connectivity index (χ1n) is 13.1. The molecule has 1 aliphatic heterocycles. The third kappa shape index (κ3) is 5.48. The minimum Gasteiger partial charge on any atom is -0.484 e. The first-order chi connectivity index (χ1) is 19.5. The van der Waals surface area contributed by atoms with Crippen molar-refractivity contribution >= 4 is 39.9 Å². The summed E-state index contributed by atoms with van der Waals surface area (Å²) >= 11 is 7.62. The topological polar surface area (TPSA) is 100 Å². The van der Waals surface area contributed by atoms with Crippen molar-refractivity contribution in [1.82, 2.24) is 24.2 Å². The van der Waals surface area contributed by atoms with E-state index in [9.17, 15) is 4.79 Å². The Morgan fingerprint density at radius 1 is 1.15 bits per heavy atom. The van der Waals surface area contributed by atoms with Crippen LogP contribution in [0.25, 0.3) is 27.2 Å². The molecule has 0 saturated carbocycles. The van der Waals surface area contributed by atoms with Crippen LogP contribution in [-0.4, -0.2) is 63.0 Å². The number of imidazole rings is 1. The molecule has 0 bridgehead atoms. The van der Waals surface area contributed by atoms with E-state index in [1.807, 2.05) is 58.8 Å². The lowest BCUT2D eigenvalue weighted by Crippen LogP contribution is -2.38. The molecular weight excluding hydrogens is 548 g/mol. The van der Waals surface area contributed by atoms with E-state index in [1.165, 1.54) is 11.3 Å². The van der Waals surface area contributed by atoms with Crippen LogP contribution in [0.2, 0.25) is 5.02 Å². The number of aromatic nitrogens is 4. The fourth-order valence-corrected chi connectivity index (χ4v) is 6.09. The van der Waals surface area contributed by atoms with Gasteiger partial charge in [0.15, 0.2) is 0 Å². The van der Waals surface area contributed by atoms with Crippen molar-refractivity contribution in [3.63, 3.8) is 0 Å². The smallest absolute Gasteiger partial charge is 0.262 e. The third-order valence-electron chi connectivity index (χ3n) is 7.06. The number of nitrogens with zero attached hydrogens (tertiary/aromatic N) is 5. The van der Waals surface area contributed by atoms with Crippen LogP contribution < -0.4 is 10.5 Å². The Hall–Kier alpha value is -3.70. The lowest BCUT2D eigenvalue weighted by Gasteiger charge is -2.26. The van der Waals surface area contributed by atoms with E-state index < -0.39 is 5.91 Å². The highest BCUT2D eigenvalue weighted by Gasteiger charge is 2.21. The minimum atomic E-state index is -0.546. The zero-order chi connectivity index (χ0) is 27.6. The largest absolute Gasteiger partial charge is 0.484 e. The van der Waals surface area contributed by atoms with E-state index in [4.69, 9.17) is 26.8 Å². The number of ether oxygens (including phenoxy) is 2. The summed E-state index contributed by atoms with van der Waals surface area (Å²) < 4.78 is 15.5. The van der Waals surface area contributed by atoms with Crippen molar-refractivity contribution in [2.45, 2.75) is 19.6 Å². The number of benzene rings is 2. The Bertz CT molecular complexity index is 1650. The SMILES string of the molecule is C[C@@H](Oc1cc(-n2cnc3cc(-c4cnn(CCN5CCOCC5)c4)ccc32)sc1C(N)=O)c1ccccc1Cl. The highest BCUT2D eigenvalue weighted by atomic mass is 35.5. The maximum absolute atomic E-state index is 12.3. The van der Waals surface area contributed by atoms with Crippen molar-refractivity contribution in [1.29, 1.82) is 0 Å². The van der Waals surface area contributed by atoms with Gasteiger partial charge in [0, 0.05) is 48.0 Å². The first-order valence-corrected chi connectivity index (χ1v) is 14.3. The maximum atomic E-state index is 12.3. The fraction of sp³-hybridized carbons (Fsp3) is 0.276. The predicted molar refractivity (Wildman–Crippen MR) is 156 cm³/mol. The van der Waals surface area contributed by atoms with Gasteiger partial charge >= 0.3 is 0 Å². The lowest BCUT2D eigenvalue weighted by molar-refractivity contribution is 0.0360. The second-order valence-corrected chi connectivity index (χ2v) is 11.1. The van der Waals surface area contributed by atoms with Crippen molar-refractivity contribution in [2.24, 2.45) is 5.73 Å². The van der Waals surface area contributed by atoms with E-state index in [2.05, 4.69) is 33.3 Å². The molecule has 0 radical (unpaired) electrons. The van der Waals surface area contributed by atoms with Gasteiger partial charge in [0.25, 0.3) is 5.91 Å². The van der Waals surface area contributed by atoms with Gasteiger partial charge in [-0.25, -0.2) is 4.98 Å². The first kappa shape index (κ1) is 26.5. The van der Waals surface area contributed by atoms with E-state index in [0.29, 0.717) is 15.6 Å². The molecule has 0 unspecified atom stereocenters. The number of carbonyl (C=O) groups is 1. The fourth-order valence-electron chi connectivity index (χ4n) is 4.87. The van der Waals surface area contributed by atoms with Crippen LogP contribution in [0.3, 0.4) is 0 Å². The number of thiophene rings is 1. The number of hydrogen-bond donors (Lipinski definition) is 1. The molecule has 0 aliphatic carbocycles. The van der Waals surface area contributed by atoms with Crippen LogP contribution in [0.5, 0.6) is 5.75 Å². The summed E-state index contributed by atoms with van der Waals surface area (Å²) in [5.74, 6) is -0.127. The molecule has 1 amide bonds. The van der Waals surface area contributed by atoms with Crippen LogP contribution in [0.4, 0.5) is 0 Å². The quantitative estimate of drug-likeness (QED) is 0.260. The number of fused-ring (bicyclic) bond motifs is 1. The Morgan fingerprint density at radius 3 is 2.77 bits per heavy atom. The molecule has 2 N–H and O–H groups in total. The minimum absolute atomic E-state index is 0.344. The number of hydrogen-bond acceptors (Lipinski definition) is 7. The molecule has 3 aromatic heterocycles. The zero-order valence-electron chi connectivity index (χ0n) is 22.0.